The summed E-state index contributed by atoms with van der Waals surface area (Å²) in [6.45, 7) is 0. The van der Waals surface area contributed by atoms with Crippen molar-refractivity contribution in [3.8, 4) is 56.7 Å². The standard InChI is InChI=1S/C55H35N5/c1-4-14-36(15-5-1)38-24-26-42(27-25-38)54-56-53(41-19-8-3-9-20-41)57-55(58-54)60-49-35-34-48-50(51(49)46-33-30-40-18-10-11-21-44(40)52(46)60)45-22-12-13-23-47(45)59(48)43-31-28-39(29-32-43)37-16-6-2-7-17-37/h1-35H. The van der Waals surface area contributed by atoms with Crippen LogP contribution in [-0.2, 0) is 0 Å². The Morgan fingerprint density at radius 1 is 0.283 bits per heavy atom. The van der Waals surface area contributed by atoms with Gasteiger partial charge in [-0.3, -0.25) is 4.57 Å². The highest BCUT2D eigenvalue weighted by atomic mass is 15.2. The van der Waals surface area contributed by atoms with Crippen molar-refractivity contribution in [2.45, 2.75) is 0 Å². The third-order valence-corrected chi connectivity index (χ3v) is 11.8. The van der Waals surface area contributed by atoms with Gasteiger partial charge in [0.1, 0.15) is 0 Å². The Labute approximate surface area is 346 Å². The fourth-order valence-electron chi connectivity index (χ4n) is 9.00. The zero-order chi connectivity index (χ0) is 39.6. The summed E-state index contributed by atoms with van der Waals surface area (Å²) in [4.78, 5) is 15.8. The Kier molecular flexibility index (Phi) is 7.78. The SMILES string of the molecule is c1ccc(-c2ccc(-c3nc(-c4ccccc4)nc(-n4c5ccc6c(c7ccccc7n6-c6ccc(-c7ccccc7)cc6)c5c5ccc6ccccc6c54)n3)cc2)cc1. The lowest BCUT2D eigenvalue weighted by molar-refractivity contribution is 0.955. The Balaban J connectivity index is 1.14. The van der Waals surface area contributed by atoms with Crippen LogP contribution < -0.4 is 0 Å². The number of aromatic nitrogens is 5. The van der Waals surface area contributed by atoms with Gasteiger partial charge in [-0.1, -0.05) is 182 Å². The summed E-state index contributed by atoms with van der Waals surface area (Å²) in [6.07, 6.45) is 0. The molecule has 5 nitrogen and oxygen atoms in total. The molecule has 0 bridgehead atoms. The summed E-state index contributed by atoms with van der Waals surface area (Å²) in [6, 6.07) is 75.0. The van der Waals surface area contributed by atoms with E-state index in [2.05, 4.69) is 197 Å². The van der Waals surface area contributed by atoms with Crippen molar-refractivity contribution in [1.82, 2.24) is 24.1 Å². The fraction of sp³-hybridized carbons (Fsp3) is 0. The number of hydrogen-bond acceptors (Lipinski definition) is 3. The van der Waals surface area contributed by atoms with E-state index < -0.39 is 0 Å². The minimum Gasteiger partial charge on any atom is -0.309 e. The molecular formula is C55H35N5. The van der Waals surface area contributed by atoms with E-state index in [0.29, 0.717) is 17.6 Å². The molecule has 0 aliphatic heterocycles. The van der Waals surface area contributed by atoms with Crippen molar-refractivity contribution in [1.29, 1.82) is 0 Å². The molecule has 3 heterocycles. The van der Waals surface area contributed by atoms with Gasteiger partial charge in [-0.25, -0.2) is 4.98 Å². The highest BCUT2D eigenvalue weighted by Crippen LogP contribution is 2.44. The minimum atomic E-state index is 0.571. The summed E-state index contributed by atoms with van der Waals surface area (Å²) in [5, 5.41) is 6.99. The zero-order valence-electron chi connectivity index (χ0n) is 32.4. The van der Waals surface area contributed by atoms with Gasteiger partial charge in [0.25, 0.3) is 0 Å². The van der Waals surface area contributed by atoms with Gasteiger partial charge in [0.15, 0.2) is 11.6 Å². The van der Waals surface area contributed by atoms with Crippen molar-refractivity contribution in [2.24, 2.45) is 0 Å². The molecule has 12 aromatic rings. The molecule has 0 saturated heterocycles. The molecule has 280 valence electrons. The number of fused-ring (bicyclic) bond motifs is 9. The van der Waals surface area contributed by atoms with Crippen molar-refractivity contribution >= 4 is 54.4 Å². The van der Waals surface area contributed by atoms with E-state index in [0.717, 1.165) is 60.6 Å². The molecule has 0 spiro atoms. The monoisotopic (exact) mass is 765 g/mol. The number of hydrogen-bond donors (Lipinski definition) is 0. The average Bonchev–Trinajstić information content (AvgIpc) is 3.86. The second-order valence-corrected chi connectivity index (χ2v) is 15.2. The quantitative estimate of drug-likeness (QED) is 0.169. The Morgan fingerprint density at radius 3 is 1.40 bits per heavy atom. The lowest BCUT2D eigenvalue weighted by atomic mass is 10.0. The molecule has 0 atom stereocenters. The van der Waals surface area contributed by atoms with Gasteiger partial charge in [0, 0.05) is 43.7 Å². The van der Waals surface area contributed by atoms with Gasteiger partial charge in [0.2, 0.25) is 5.95 Å². The van der Waals surface area contributed by atoms with E-state index in [1.165, 1.54) is 32.8 Å². The molecule has 0 unspecified atom stereocenters. The molecule has 0 aliphatic rings. The molecule has 3 aromatic heterocycles. The Morgan fingerprint density at radius 2 is 0.750 bits per heavy atom. The smallest absolute Gasteiger partial charge is 0.238 e. The molecule has 12 rings (SSSR count). The van der Waals surface area contributed by atoms with Crippen LogP contribution in [0.2, 0.25) is 0 Å². The van der Waals surface area contributed by atoms with Crippen LogP contribution >= 0.6 is 0 Å². The molecule has 0 saturated carbocycles. The first-order valence-corrected chi connectivity index (χ1v) is 20.3. The summed E-state index contributed by atoms with van der Waals surface area (Å²) < 4.78 is 4.67. The fourth-order valence-corrected chi connectivity index (χ4v) is 9.00. The van der Waals surface area contributed by atoms with Gasteiger partial charge in [-0.05, 0) is 58.0 Å². The average molecular weight is 766 g/mol. The van der Waals surface area contributed by atoms with E-state index in [-0.39, 0.29) is 0 Å². The van der Waals surface area contributed by atoms with Gasteiger partial charge in [-0.2, -0.15) is 9.97 Å². The highest BCUT2D eigenvalue weighted by Gasteiger charge is 2.24. The summed E-state index contributed by atoms with van der Waals surface area (Å²) >= 11 is 0. The van der Waals surface area contributed by atoms with E-state index in [9.17, 15) is 0 Å². The molecule has 9 aromatic carbocycles. The van der Waals surface area contributed by atoms with Crippen molar-refractivity contribution < 1.29 is 0 Å². The largest absolute Gasteiger partial charge is 0.309 e. The van der Waals surface area contributed by atoms with Crippen LogP contribution in [0.4, 0.5) is 0 Å². The summed E-state index contributed by atoms with van der Waals surface area (Å²) in [7, 11) is 0. The van der Waals surface area contributed by atoms with Crippen LogP contribution in [0.15, 0.2) is 212 Å². The normalized spacial score (nSPS) is 11.7. The van der Waals surface area contributed by atoms with Crippen molar-refractivity contribution in [3.63, 3.8) is 0 Å². The maximum absolute atomic E-state index is 5.35. The minimum absolute atomic E-state index is 0.571. The maximum Gasteiger partial charge on any atom is 0.238 e. The molecule has 0 fully saturated rings. The van der Waals surface area contributed by atoms with Gasteiger partial charge < -0.3 is 4.57 Å². The van der Waals surface area contributed by atoms with E-state index in [1.807, 2.05) is 24.3 Å². The third-order valence-electron chi connectivity index (χ3n) is 11.8. The summed E-state index contributed by atoms with van der Waals surface area (Å²) in [5.41, 5.74) is 12.1. The number of rotatable bonds is 6. The van der Waals surface area contributed by atoms with Crippen LogP contribution in [0.25, 0.3) is 111 Å². The number of nitrogens with zero attached hydrogens (tertiary/aromatic N) is 5. The first-order valence-electron chi connectivity index (χ1n) is 20.3. The molecule has 60 heavy (non-hydrogen) atoms. The molecule has 5 heteroatoms. The van der Waals surface area contributed by atoms with Gasteiger partial charge >= 0.3 is 0 Å². The predicted octanol–water partition coefficient (Wildman–Crippen LogP) is 13.9. The van der Waals surface area contributed by atoms with Crippen LogP contribution in [0.5, 0.6) is 0 Å². The first kappa shape index (κ1) is 33.9. The number of benzene rings is 9. The Hall–Kier alpha value is -8.15. The first-order chi connectivity index (χ1) is 29.8. The topological polar surface area (TPSA) is 48.5 Å². The molecular weight excluding hydrogens is 731 g/mol. The second kappa shape index (κ2) is 13.8. The van der Waals surface area contributed by atoms with Gasteiger partial charge in [-0.15, -0.1) is 0 Å². The van der Waals surface area contributed by atoms with Crippen LogP contribution in [0.1, 0.15) is 0 Å². The second-order valence-electron chi connectivity index (χ2n) is 15.2. The Bertz CT molecular complexity index is 3550. The molecule has 0 amide bonds. The van der Waals surface area contributed by atoms with Crippen molar-refractivity contribution in [2.75, 3.05) is 0 Å². The maximum atomic E-state index is 5.35. The van der Waals surface area contributed by atoms with Crippen molar-refractivity contribution in [3.05, 3.63) is 212 Å². The molecule has 0 radical (unpaired) electrons. The molecule has 0 aliphatic carbocycles. The van der Waals surface area contributed by atoms with E-state index in [1.54, 1.807) is 0 Å². The van der Waals surface area contributed by atoms with Gasteiger partial charge in [0.05, 0.1) is 22.1 Å². The number of para-hydroxylation sites is 1. The highest BCUT2D eigenvalue weighted by molar-refractivity contribution is 6.31. The van der Waals surface area contributed by atoms with Crippen LogP contribution in [0.3, 0.4) is 0 Å². The summed E-state index contributed by atoms with van der Waals surface area (Å²) in [5.74, 6) is 1.81. The molecule has 0 N–H and O–H groups in total. The van der Waals surface area contributed by atoms with Crippen LogP contribution in [-0.4, -0.2) is 24.1 Å². The third kappa shape index (κ3) is 5.44. The lowest BCUT2D eigenvalue weighted by Crippen LogP contribution is -2.06. The zero-order valence-corrected chi connectivity index (χ0v) is 32.4. The van der Waals surface area contributed by atoms with Crippen LogP contribution in [0, 0.1) is 0 Å². The predicted molar refractivity (Wildman–Crippen MR) is 248 cm³/mol. The van der Waals surface area contributed by atoms with E-state index >= 15 is 0 Å². The van der Waals surface area contributed by atoms with E-state index in [4.69, 9.17) is 15.0 Å². The lowest BCUT2D eigenvalue weighted by Gasteiger charge is -2.12.